The molecule has 2 nitrogen and oxygen atoms in total. The Bertz CT molecular complexity index is 711. The first-order valence-electron chi connectivity index (χ1n) is 5.87. The third-order valence-electron chi connectivity index (χ3n) is 3.10. The number of benzene rings is 1. The number of imidazole rings is 1. The Labute approximate surface area is 111 Å². The maximum absolute atomic E-state index is 6.17. The van der Waals surface area contributed by atoms with Crippen molar-refractivity contribution in [2.75, 3.05) is 0 Å². The number of hydrogen-bond acceptors (Lipinski definition) is 1. The molecule has 0 spiro atoms. The number of halogens is 1. The molecule has 0 aliphatic heterocycles. The van der Waals surface area contributed by atoms with Crippen LogP contribution >= 0.6 is 11.6 Å². The van der Waals surface area contributed by atoms with Gasteiger partial charge in [0.15, 0.2) is 5.65 Å². The van der Waals surface area contributed by atoms with Crippen LogP contribution in [0.2, 0.25) is 5.02 Å². The van der Waals surface area contributed by atoms with Gasteiger partial charge in [-0.3, -0.25) is 4.40 Å². The zero-order valence-electron chi connectivity index (χ0n) is 10.3. The van der Waals surface area contributed by atoms with E-state index in [2.05, 4.69) is 36.2 Å². The first-order chi connectivity index (χ1) is 8.66. The average molecular weight is 257 g/mol. The maximum Gasteiger partial charge on any atom is 0.156 e. The van der Waals surface area contributed by atoms with Crippen LogP contribution in [0.1, 0.15) is 11.3 Å². The van der Waals surface area contributed by atoms with E-state index in [0.717, 1.165) is 22.6 Å². The summed E-state index contributed by atoms with van der Waals surface area (Å²) in [6.45, 7) is 4.10. The smallest absolute Gasteiger partial charge is 0.156 e. The molecule has 0 saturated carbocycles. The summed E-state index contributed by atoms with van der Waals surface area (Å²) in [5, 5.41) is 0.680. The van der Waals surface area contributed by atoms with Crippen LogP contribution in [0.3, 0.4) is 0 Å². The Morgan fingerprint density at radius 2 is 1.78 bits per heavy atom. The van der Waals surface area contributed by atoms with Crippen LogP contribution in [0.4, 0.5) is 0 Å². The Kier molecular flexibility index (Phi) is 2.60. The number of aryl methyl sites for hydroxylation is 2. The first-order valence-corrected chi connectivity index (χ1v) is 6.25. The van der Waals surface area contributed by atoms with E-state index >= 15 is 0 Å². The van der Waals surface area contributed by atoms with Crippen molar-refractivity contribution in [2.24, 2.45) is 0 Å². The number of hydrogen-bond donors (Lipinski definition) is 0. The highest BCUT2D eigenvalue weighted by Crippen LogP contribution is 2.27. The molecule has 18 heavy (non-hydrogen) atoms. The zero-order chi connectivity index (χ0) is 12.7. The van der Waals surface area contributed by atoms with E-state index in [1.807, 2.05) is 29.7 Å². The summed E-state index contributed by atoms with van der Waals surface area (Å²) in [7, 11) is 0. The van der Waals surface area contributed by atoms with Gasteiger partial charge in [-0.25, -0.2) is 4.98 Å². The van der Waals surface area contributed by atoms with E-state index in [-0.39, 0.29) is 0 Å². The molecule has 3 heteroatoms. The lowest BCUT2D eigenvalue weighted by Crippen LogP contribution is -1.89. The molecule has 0 unspecified atom stereocenters. The SMILES string of the molecule is Cc1ccc(-c2c(C)nc3c(Cl)cccn23)cc1. The van der Waals surface area contributed by atoms with E-state index in [4.69, 9.17) is 11.6 Å². The lowest BCUT2D eigenvalue weighted by atomic mass is 10.1. The fraction of sp³-hybridized carbons (Fsp3) is 0.133. The van der Waals surface area contributed by atoms with Gasteiger partial charge in [-0.05, 0) is 26.0 Å². The van der Waals surface area contributed by atoms with Crippen LogP contribution in [-0.4, -0.2) is 9.38 Å². The van der Waals surface area contributed by atoms with Crippen LogP contribution in [0.15, 0.2) is 42.6 Å². The van der Waals surface area contributed by atoms with E-state index in [1.54, 1.807) is 0 Å². The monoisotopic (exact) mass is 256 g/mol. The molecule has 0 radical (unpaired) electrons. The maximum atomic E-state index is 6.17. The highest BCUT2D eigenvalue weighted by atomic mass is 35.5. The van der Waals surface area contributed by atoms with Crippen LogP contribution in [0.5, 0.6) is 0 Å². The number of fused-ring (bicyclic) bond motifs is 1. The van der Waals surface area contributed by atoms with Crippen molar-refractivity contribution >= 4 is 17.2 Å². The minimum absolute atomic E-state index is 0.680. The van der Waals surface area contributed by atoms with Gasteiger partial charge in [0.1, 0.15) is 0 Å². The van der Waals surface area contributed by atoms with Crippen molar-refractivity contribution in [1.82, 2.24) is 9.38 Å². The molecule has 2 aromatic heterocycles. The normalized spacial score (nSPS) is 11.1. The van der Waals surface area contributed by atoms with E-state index in [1.165, 1.54) is 5.56 Å². The van der Waals surface area contributed by atoms with E-state index < -0.39 is 0 Å². The van der Waals surface area contributed by atoms with Crippen LogP contribution in [-0.2, 0) is 0 Å². The van der Waals surface area contributed by atoms with Gasteiger partial charge in [0.2, 0.25) is 0 Å². The fourth-order valence-corrected chi connectivity index (χ4v) is 2.41. The van der Waals surface area contributed by atoms with Gasteiger partial charge in [-0.1, -0.05) is 41.4 Å². The molecule has 1 aromatic carbocycles. The van der Waals surface area contributed by atoms with Gasteiger partial charge in [0.25, 0.3) is 0 Å². The second-order valence-corrected chi connectivity index (χ2v) is 4.87. The summed E-state index contributed by atoms with van der Waals surface area (Å²) < 4.78 is 2.04. The molecule has 0 saturated heterocycles. The quantitative estimate of drug-likeness (QED) is 0.636. The van der Waals surface area contributed by atoms with Gasteiger partial charge in [0, 0.05) is 11.8 Å². The fourth-order valence-electron chi connectivity index (χ4n) is 2.21. The molecule has 0 atom stereocenters. The second-order valence-electron chi connectivity index (χ2n) is 4.46. The van der Waals surface area contributed by atoms with Gasteiger partial charge >= 0.3 is 0 Å². The Morgan fingerprint density at radius 1 is 1.06 bits per heavy atom. The molecule has 0 bridgehead atoms. The first kappa shape index (κ1) is 11.3. The minimum atomic E-state index is 0.680. The van der Waals surface area contributed by atoms with Gasteiger partial charge in [0.05, 0.1) is 16.4 Å². The Balaban J connectivity index is 2.32. The summed E-state index contributed by atoms with van der Waals surface area (Å²) in [6.07, 6.45) is 2.00. The largest absolute Gasteiger partial charge is 0.298 e. The second kappa shape index (κ2) is 4.14. The molecule has 0 amide bonds. The van der Waals surface area contributed by atoms with Gasteiger partial charge in [-0.2, -0.15) is 0 Å². The van der Waals surface area contributed by atoms with Crippen molar-refractivity contribution in [3.05, 3.63) is 58.9 Å². The zero-order valence-corrected chi connectivity index (χ0v) is 11.1. The number of rotatable bonds is 1. The average Bonchev–Trinajstić information content (AvgIpc) is 2.69. The number of nitrogens with zero attached hydrogens (tertiary/aromatic N) is 2. The molecule has 3 aromatic rings. The summed E-state index contributed by atoms with van der Waals surface area (Å²) in [6, 6.07) is 12.3. The van der Waals surface area contributed by atoms with Crippen molar-refractivity contribution in [2.45, 2.75) is 13.8 Å². The molecule has 0 aliphatic carbocycles. The molecule has 3 rings (SSSR count). The number of pyridine rings is 1. The van der Waals surface area contributed by atoms with Crippen molar-refractivity contribution in [3.8, 4) is 11.3 Å². The standard InChI is InChI=1S/C15H13ClN2/c1-10-5-7-12(8-6-10)14-11(2)17-15-13(16)4-3-9-18(14)15/h3-9H,1-2H3. The lowest BCUT2D eigenvalue weighted by Gasteiger charge is -2.04. The highest BCUT2D eigenvalue weighted by molar-refractivity contribution is 6.33. The molecular formula is C15H13ClN2. The molecule has 90 valence electrons. The Morgan fingerprint density at radius 3 is 2.50 bits per heavy atom. The van der Waals surface area contributed by atoms with Crippen LogP contribution in [0.25, 0.3) is 16.9 Å². The topological polar surface area (TPSA) is 17.3 Å². The highest BCUT2D eigenvalue weighted by Gasteiger charge is 2.12. The molecular weight excluding hydrogens is 244 g/mol. The summed E-state index contributed by atoms with van der Waals surface area (Å²) in [5.74, 6) is 0. The van der Waals surface area contributed by atoms with Gasteiger partial charge in [-0.15, -0.1) is 0 Å². The minimum Gasteiger partial charge on any atom is -0.298 e. The van der Waals surface area contributed by atoms with Crippen LogP contribution < -0.4 is 0 Å². The van der Waals surface area contributed by atoms with Gasteiger partial charge < -0.3 is 0 Å². The summed E-state index contributed by atoms with van der Waals surface area (Å²) in [5.41, 5.74) is 5.32. The van der Waals surface area contributed by atoms with Crippen LogP contribution in [0, 0.1) is 13.8 Å². The van der Waals surface area contributed by atoms with Crippen molar-refractivity contribution < 1.29 is 0 Å². The third-order valence-corrected chi connectivity index (χ3v) is 3.40. The van der Waals surface area contributed by atoms with Crippen molar-refractivity contribution in [3.63, 3.8) is 0 Å². The lowest BCUT2D eigenvalue weighted by molar-refractivity contribution is 1.19. The van der Waals surface area contributed by atoms with Crippen molar-refractivity contribution in [1.29, 1.82) is 0 Å². The molecule has 0 aliphatic rings. The predicted molar refractivity (Wildman–Crippen MR) is 75.1 cm³/mol. The van der Waals surface area contributed by atoms with E-state index in [9.17, 15) is 0 Å². The summed E-state index contributed by atoms with van der Waals surface area (Å²) in [4.78, 5) is 4.54. The molecule has 2 heterocycles. The Hall–Kier alpha value is -1.80. The molecule has 0 fully saturated rings. The number of aromatic nitrogens is 2. The predicted octanol–water partition coefficient (Wildman–Crippen LogP) is 4.27. The molecule has 0 N–H and O–H groups in total. The summed E-state index contributed by atoms with van der Waals surface area (Å²) >= 11 is 6.17. The third kappa shape index (κ3) is 1.70. The van der Waals surface area contributed by atoms with E-state index in [0.29, 0.717) is 5.02 Å².